The van der Waals surface area contributed by atoms with Crippen molar-refractivity contribution in [1.82, 2.24) is 14.8 Å². The van der Waals surface area contributed by atoms with E-state index < -0.39 is 0 Å². The van der Waals surface area contributed by atoms with Gasteiger partial charge in [-0.1, -0.05) is 42.7 Å². The van der Waals surface area contributed by atoms with Crippen molar-refractivity contribution in [2.24, 2.45) is 7.05 Å². The lowest BCUT2D eigenvalue weighted by Crippen LogP contribution is -2.38. The van der Waals surface area contributed by atoms with Crippen molar-refractivity contribution < 1.29 is 9.59 Å². The molecule has 1 aliphatic rings. The SMILES string of the molecule is CC(=O)NC(CC(=O)N1CCCCCC1c1cccn1C)c1ccc(C)cc1. The highest BCUT2D eigenvalue weighted by Crippen LogP contribution is 2.32. The van der Waals surface area contributed by atoms with E-state index in [1.165, 1.54) is 12.6 Å². The largest absolute Gasteiger partial charge is 0.353 e. The summed E-state index contributed by atoms with van der Waals surface area (Å²) < 4.78 is 2.11. The molecule has 5 nitrogen and oxygen atoms in total. The van der Waals surface area contributed by atoms with Crippen molar-refractivity contribution in [3.8, 4) is 0 Å². The molecule has 1 fully saturated rings. The summed E-state index contributed by atoms with van der Waals surface area (Å²) in [6.07, 6.45) is 6.62. The van der Waals surface area contributed by atoms with Crippen molar-refractivity contribution in [3.63, 3.8) is 0 Å². The number of hydrogen-bond acceptors (Lipinski definition) is 2. The van der Waals surface area contributed by atoms with Gasteiger partial charge in [0.25, 0.3) is 0 Å². The number of aryl methyl sites for hydroxylation is 2. The van der Waals surface area contributed by atoms with Crippen LogP contribution in [0.25, 0.3) is 0 Å². The molecule has 2 amide bonds. The second-order valence-electron chi connectivity index (χ2n) is 7.86. The number of carbonyl (C=O) groups is 2. The topological polar surface area (TPSA) is 54.3 Å². The highest BCUT2D eigenvalue weighted by Gasteiger charge is 2.30. The molecule has 3 rings (SSSR count). The van der Waals surface area contributed by atoms with Crippen LogP contribution in [-0.2, 0) is 16.6 Å². The Morgan fingerprint density at radius 2 is 1.89 bits per heavy atom. The van der Waals surface area contributed by atoms with Crippen LogP contribution in [0.4, 0.5) is 0 Å². The number of amides is 2. The zero-order chi connectivity index (χ0) is 20.1. The monoisotopic (exact) mass is 381 g/mol. The number of aromatic nitrogens is 1. The van der Waals surface area contributed by atoms with Gasteiger partial charge in [-0.2, -0.15) is 0 Å². The van der Waals surface area contributed by atoms with E-state index in [-0.39, 0.29) is 30.3 Å². The Morgan fingerprint density at radius 3 is 2.54 bits per heavy atom. The Balaban J connectivity index is 1.82. The molecule has 2 aromatic rings. The van der Waals surface area contributed by atoms with E-state index in [0.29, 0.717) is 0 Å². The molecule has 0 bridgehead atoms. The number of rotatable bonds is 5. The van der Waals surface area contributed by atoms with Crippen LogP contribution < -0.4 is 5.32 Å². The van der Waals surface area contributed by atoms with Crippen LogP contribution in [0.15, 0.2) is 42.6 Å². The fourth-order valence-electron chi connectivity index (χ4n) is 4.12. The number of carbonyl (C=O) groups excluding carboxylic acids is 2. The van der Waals surface area contributed by atoms with Gasteiger partial charge in [-0.25, -0.2) is 0 Å². The molecule has 1 aromatic heterocycles. The summed E-state index contributed by atoms with van der Waals surface area (Å²) in [5, 5.41) is 2.97. The quantitative estimate of drug-likeness (QED) is 0.850. The Morgan fingerprint density at radius 1 is 1.14 bits per heavy atom. The van der Waals surface area contributed by atoms with Crippen molar-refractivity contribution >= 4 is 11.8 Å². The van der Waals surface area contributed by atoms with Gasteiger partial charge in [0.1, 0.15) is 0 Å². The first-order valence-electron chi connectivity index (χ1n) is 10.2. The summed E-state index contributed by atoms with van der Waals surface area (Å²) in [5.74, 6) is -0.0133. The highest BCUT2D eigenvalue weighted by atomic mass is 16.2. The van der Waals surface area contributed by atoms with Gasteiger partial charge < -0.3 is 14.8 Å². The van der Waals surface area contributed by atoms with E-state index in [4.69, 9.17) is 0 Å². The lowest BCUT2D eigenvalue weighted by molar-refractivity contribution is -0.134. The van der Waals surface area contributed by atoms with Crippen LogP contribution in [0.2, 0.25) is 0 Å². The van der Waals surface area contributed by atoms with E-state index in [1.54, 1.807) is 0 Å². The van der Waals surface area contributed by atoms with Crippen LogP contribution in [0.5, 0.6) is 0 Å². The van der Waals surface area contributed by atoms with Gasteiger partial charge in [0, 0.05) is 32.4 Å². The average Bonchev–Trinajstić information content (AvgIpc) is 2.93. The van der Waals surface area contributed by atoms with Crippen LogP contribution in [-0.4, -0.2) is 27.8 Å². The van der Waals surface area contributed by atoms with Crippen LogP contribution in [0.3, 0.4) is 0 Å². The second kappa shape index (κ2) is 9.09. The van der Waals surface area contributed by atoms with Gasteiger partial charge in [-0.15, -0.1) is 0 Å². The molecule has 1 aliphatic heterocycles. The zero-order valence-corrected chi connectivity index (χ0v) is 17.1. The molecule has 28 heavy (non-hydrogen) atoms. The first kappa shape index (κ1) is 20.2. The average molecular weight is 382 g/mol. The van der Waals surface area contributed by atoms with Crippen molar-refractivity contribution in [1.29, 1.82) is 0 Å². The molecule has 0 aliphatic carbocycles. The van der Waals surface area contributed by atoms with Gasteiger partial charge in [0.15, 0.2) is 0 Å². The zero-order valence-electron chi connectivity index (χ0n) is 17.1. The maximum atomic E-state index is 13.4. The predicted octanol–water partition coefficient (Wildman–Crippen LogP) is 4.04. The fourth-order valence-corrected chi connectivity index (χ4v) is 4.12. The third-order valence-corrected chi connectivity index (χ3v) is 5.63. The van der Waals surface area contributed by atoms with E-state index in [1.807, 2.05) is 55.4 Å². The van der Waals surface area contributed by atoms with E-state index in [0.717, 1.165) is 43.4 Å². The minimum absolute atomic E-state index is 0.103. The molecule has 5 heteroatoms. The Hall–Kier alpha value is -2.56. The molecular formula is C23H31N3O2. The van der Waals surface area contributed by atoms with Crippen molar-refractivity contribution in [2.45, 2.75) is 58.0 Å². The van der Waals surface area contributed by atoms with E-state index in [2.05, 4.69) is 16.0 Å². The third kappa shape index (κ3) is 4.83. The molecule has 1 N–H and O–H groups in total. The summed E-state index contributed by atoms with van der Waals surface area (Å²) in [6.45, 7) is 4.31. The molecule has 2 atom stereocenters. The first-order chi connectivity index (χ1) is 13.5. The predicted molar refractivity (Wildman–Crippen MR) is 111 cm³/mol. The number of nitrogens with zero attached hydrogens (tertiary/aromatic N) is 2. The number of likely N-dealkylation sites (tertiary alicyclic amines) is 1. The molecule has 0 radical (unpaired) electrons. The standard InChI is InChI=1S/C23H31N3O2/c1-17-10-12-19(13-11-17)20(24-18(2)27)16-23(28)26-15-6-4-5-8-22(26)21-9-7-14-25(21)3/h7,9-14,20,22H,4-6,8,15-16H2,1-3H3,(H,24,27). The summed E-state index contributed by atoms with van der Waals surface area (Å²) in [5.41, 5.74) is 3.31. The third-order valence-electron chi connectivity index (χ3n) is 5.63. The van der Waals surface area contributed by atoms with Gasteiger partial charge in [0.2, 0.25) is 11.8 Å². The normalized spacial score (nSPS) is 18.4. The molecule has 150 valence electrons. The summed E-state index contributed by atoms with van der Waals surface area (Å²) in [7, 11) is 2.04. The number of nitrogens with one attached hydrogen (secondary N) is 1. The molecule has 2 unspecified atom stereocenters. The minimum Gasteiger partial charge on any atom is -0.353 e. The van der Waals surface area contributed by atoms with Gasteiger partial charge in [-0.3, -0.25) is 9.59 Å². The number of hydrogen-bond donors (Lipinski definition) is 1. The Kier molecular flexibility index (Phi) is 6.55. The van der Waals surface area contributed by atoms with Gasteiger partial charge in [0.05, 0.1) is 18.5 Å². The summed E-state index contributed by atoms with van der Waals surface area (Å²) >= 11 is 0. The second-order valence-corrected chi connectivity index (χ2v) is 7.86. The molecule has 2 heterocycles. The molecule has 0 saturated carbocycles. The van der Waals surface area contributed by atoms with Crippen LogP contribution in [0.1, 0.15) is 67.9 Å². The van der Waals surface area contributed by atoms with Crippen molar-refractivity contribution in [3.05, 3.63) is 59.4 Å². The highest BCUT2D eigenvalue weighted by molar-refractivity contribution is 5.79. The van der Waals surface area contributed by atoms with Gasteiger partial charge in [-0.05, 0) is 37.5 Å². The Bertz CT molecular complexity index is 810. The fraction of sp³-hybridized carbons (Fsp3) is 0.478. The molecule has 1 aromatic carbocycles. The molecule has 0 spiro atoms. The van der Waals surface area contributed by atoms with Gasteiger partial charge >= 0.3 is 0 Å². The van der Waals surface area contributed by atoms with E-state index in [9.17, 15) is 9.59 Å². The van der Waals surface area contributed by atoms with Crippen LogP contribution >= 0.6 is 0 Å². The number of benzene rings is 1. The summed E-state index contributed by atoms with van der Waals surface area (Å²) in [4.78, 5) is 27.2. The smallest absolute Gasteiger partial charge is 0.225 e. The Labute approximate surface area is 167 Å². The summed E-state index contributed by atoms with van der Waals surface area (Å²) in [6, 6.07) is 12.0. The van der Waals surface area contributed by atoms with Crippen molar-refractivity contribution in [2.75, 3.05) is 6.54 Å². The van der Waals surface area contributed by atoms with E-state index >= 15 is 0 Å². The maximum Gasteiger partial charge on any atom is 0.225 e. The lowest BCUT2D eigenvalue weighted by Gasteiger charge is -2.32. The molecule has 1 saturated heterocycles. The molecular weight excluding hydrogens is 350 g/mol. The minimum atomic E-state index is -0.303. The lowest BCUT2D eigenvalue weighted by atomic mass is 10.00. The van der Waals surface area contributed by atoms with Crippen LogP contribution in [0, 0.1) is 6.92 Å². The first-order valence-corrected chi connectivity index (χ1v) is 10.2. The maximum absolute atomic E-state index is 13.4.